The molecule has 0 aromatic carbocycles. The second kappa shape index (κ2) is 10.3. The summed E-state index contributed by atoms with van der Waals surface area (Å²) in [4.78, 5) is 35.2. The molecule has 1 N–H and O–H groups in total. The van der Waals surface area contributed by atoms with Gasteiger partial charge in [-0.2, -0.15) is 0 Å². The number of nitrogens with one attached hydrogen (secondary N) is 1. The van der Waals surface area contributed by atoms with Gasteiger partial charge < -0.3 is 4.57 Å². The Morgan fingerprint density at radius 3 is 2.22 bits per heavy atom. The summed E-state index contributed by atoms with van der Waals surface area (Å²) in [5.74, 6) is -0.749. The largest absolute Gasteiger partial charge is 0.302 e. The Balaban J connectivity index is 0.00000112. The Bertz CT molecular complexity index is 630. The number of piperidine rings is 1. The molecule has 1 aromatic rings. The molecule has 1 fully saturated rings. The number of rotatable bonds is 3. The minimum atomic E-state index is -0.650. The molecule has 1 aliphatic rings. The second-order valence-corrected chi connectivity index (χ2v) is 4.27. The van der Waals surface area contributed by atoms with Gasteiger partial charge in [-0.05, 0) is 18.1 Å². The van der Waals surface area contributed by atoms with Crippen molar-refractivity contribution in [3.8, 4) is 0 Å². The fourth-order valence-electron chi connectivity index (χ4n) is 2.16. The lowest BCUT2D eigenvalue weighted by molar-refractivity contribution is -0.135. The van der Waals surface area contributed by atoms with Crippen LogP contribution in [0.5, 0.6) is 0 Å². The van der Waals surface area contributed by atoms with Gasteiger partial charge in [-0.3, -0.25) is 19.7 Å². The molecule has 0 bridgehead atoms. The van der Waals surface area contributed by atoms with Crippen molar-refractivity contribution in [1.82, 2.24) is 9.88 Å². The van der Waals surface area contributed by atoms with Gasteiger partial charge in [0.05, 0.1) is 0 Å². The molecular weight excluding hydrogens is 292 g/mol. The molecule has 23 heavy (non-hydrogen) atoms. The molecule has 1 saturated heterocycles. The van der Waals surface area contributed by atoms with Crippen LogP contribution in [0.4, 0.5) is 0 Å². The highest BCUT2D eigenvalue weighted by molar-refractivity contribution is 5.99. The Morgan fingerprint density at radius 2 is 1.74 bits per heavy atom. The van der Waals surface area contributed by atoms with E-state index in [-0.39, 0.29) is 17.9 Å². The number of imide groups is 1. The van der Waals surface area contributed by atoms with Crippen molar-refractivity contribution in [2.45, 2.75) is 46.6 Å². The van der Waals surface area contributed by atoms with Gasteiger partial charge in [-0.25, -0.2) is 0 Å². The van der Waals surface area contributed by atoms with E-state index in [2.05, 4.69) is 18.5 Å². The summed E-state index contributed by atoms with van der Waals surface area (Å²) in [7, 11) is 0. The van der Waals surface area contributed by atoms with Crippen LogP contribution in [0.1, 0.15) is 57.7 Å². The van der Waals surface area contributed by atoms with Crippen molar-refractivity contribution in [1.29, 1.82) is 0 Å². The van der Waals surface area contributed by atoms with E-state index in [1.807, 2.05) is 27.7 Å². The topological polar surface area (TPSA) is 68.2 Å². The number of carbonyl (C=O) groups is 2. The van der Waals surface area contributed by atoms with Gasteiger partial charge in [-0.15, -0.1) is 0 Å². The van der Waals surface area contributed by atoms with E-state index < -0.39 is 11.9 Å². The van der Waals surface area contributed by atoms with Crippen LogP contribution >= 0.6 is 0 Å². The van der Waals surface area contributed by atoms with Gasteiger partial charge in [-0.1, -0.05) is 53.0 Å². The van der Waals surface area contributed by atoms with E-state index >= 15 is 0 Å². The van der Waals surface area contributed by atoms with Crippen LogP contribution in [0.25, 0.3) is 12.2 Å². The molecule has 0 saturated carbocycles. The average Bonchev–Trinajstić information content (AvgIpc) is 2.59. The van der Waals surface area contributed by atoms with E-state index in [9.17, 15) is 14.4 Å². The Kier molecular flexibility index (Phi) is 9.23. The SMILES string of the molecule is C=Cc1ccn(C2CCC(=O)NC2=O)c(=O)c1C=C.CC.CC. The highest BCUT2D eigenvalue weighted by Crippen LogP contribution is 2.18. The van der Waals surface area contributed by atoms with Crippen LogP contribution in [-0.2, 0) is 9.59 Å². The van der Waals surface area contributed by atoms with E-state index in [0.717, 1.165) is 0 Å². The second-order valence-electron chi connectivity index (χ2n) is 4.27. The normalized spacial score (nSPS) is 16.1. The van der Waals surface area contributed by atoms with Crippen LogP contribution in [0.3, 0.4) is 0 Å². The first-order chi connectivity index (χ1) is 11.1. The number of hydrogen-bond acceptors (Lipinski definition) is 3. The number of carbonyl (C=O) groups excluding carboxylic acids is 2. The smallest absolute Gasteiger partial charge is 0.259 e. The predicted molar refractivity (Wildman–Crippen MR) is 95.0 cm³/mol. The Hall–Kier alpha value is -2.43. The number of hydrogen-bond donors (Lipinski definition) is 1. The first-order valence-corrected chi connectivity index (χ1v) is 7.92. The minimum Gasteiger partial charge on any atom is -0.302 e. The quantitative estimate of drug-likeness (QED) is 0.870. The molecule has 1 unspecified atom stereocenters. The first kappa shape index (κ1) is 20.6. The van der Waals surface area contributed by atoms with Crippen molar-refractivity contribution in [2.24, 2.45) is 0 Å². The van der Waals surface area contributed by atoms with E-state index in [1.165, 1.54) is 10.6 Å². The van der Waals surface area contributed by atoms with Gasteiger partial charge in [0.15, 0.2) is 0 Å². The molecular formula is C18H26N2O3. The lowest BCUT2D eigenvalue weighted by Gasteiger charge is -2.23. The van der Waals surface area contributed by atoms with Crippen LogP contribution in [0, 0.1) is 0 Å². The number of amides is 2. The molecule has 5 heteroatoms. The van der Waals surface area contributed by atoms with Crippen molar-refractivity contribution < 1.29 is 9.59 Å². The fourth-order valence-corrected chi connectivity index (χ4v) is 2.16. The fraction of sp³-hybridized carbons (Fsp3) is 0.389. The maximum atomic E-state index is 12.3. The van der Waals surface area contributed by atoms with Gasteiger partial charge in [0.1, 0.15) is 6.04 Å². The number of pyridine rings is 1. The zero-order chi connectivity index (χ0) is 18.0. The molecule has 0 aliphatic carbocycles. The van der Waals surface area contributed by atoms with Gasteiger partial charge in [0, 0.05) is 18.2 Å². The van der Waals surface area contributed by atoms with Crippen LogP contribution in [0.2, 0.25) is 0 Å². The third-order valence-electron chi connectivity index (χ3n) is 3.16. The molecule has 2 rings (SSSR count). The van der Waals surface area contributed by atoms with Crippen LogP contribution in [-0.4, -0.2) is 16.4 Å². The van der Waals surface area contributed by atoms with Crippen molar-refractivity contribution in [3.63, 3.8) is 0 Å². The average molecular weight is 318 g/mol. The predicted octanol–water partition coefficient (Wildman–Crippen LogP) is 3.16. The van der Waals surface area contributed by atoms with Gasteiger partial charge in [0.25, 0.3) is 5.56 Å². The van der Waals surface area contributed by atoms with Crippen molar-refractivity contribution in [2.75, 3.05) is 0 Å². The van der Waals surface area contributed by atoms with Crippen LogP contribution in [0.15, 0.2) is 30.2 Å². The van der Waals surface area contributed by atoms with Gasteiger partial charge in [0.2, 0.25) is 11.8 Å². The third-order valence-corrected chi connectivity index (χ3v) is 3.16. The Morgan fingerprint density at radius 1 is 1.13 bits per heavy atom. The van der Waals surface area contributed by atoms with E-state index in [1.54, 1.807) is 18.3 Å². The molecule has 1 aliphatic heterocycles. The first-order valence-electron chi connectivity index (χ1n) is 7.92. The highest BCUT2D eigenvalue weighted by Gasteiger charge is 2.28. The molecule has 126 valence electrons. The molecule has 1 aromatic heterocycles. The summed E-state index contributed by atoms with van der Waals surface area (Å²) in [5.41, 5.74) is 0.771. The number of aromatic nitrogens is 1. The zero-order valence-corrected chi connectivity index (χ0v) is 14.4. The summed E-state index contributed by atoms with van der Waals surface area (Å²) in [6.45, 7) is 15.2. The summed E-state index contributed by atoms with van der Waals surface area (Å²) >= 11 is 0. The summed E-state index contributed by atoms with van der Waals surface area (Å²) in [5, 5.41) is 2.24. The maximum Gasteiger partial charge on any atom is 0.259 e. The molecule has 0 radical (unpaired) electrons. The lowest BCUT2D eigenvalue weighted by atomic mass is 10.0. The number of nitrogens with zero attached hydrogens (tertiary/aromatic N) is 1. The van der Waals surface area contributed by atoms with Crippen LogP contribution < -0.4 is 10.9 Å². The summed E-state index contributed by atoms with van der Waals surface area (Å²) < 4.78 is 1.34. The van der Waals surface area contributed by atoms with Crippen molar-refractivity contribution in [3.05, 3.63) is 46.9 Å². The molecule has 2 amide bonds. The minimum absolute atomic E-state index is 0.232. The van der Waals surface area contributed by atoms with E-state index in [0.29, 0.717) is 17.5 Å². The molecule has 1 atom stereocenters. The standard InChI is InChI=1S/C14H14N2O3.2C2H6/c1-3-9-7-8-16(14(19)10(9)4-2)11-5-6-12(17)15-13(11)18;2*1-2/h3-4,7-8,11H,1-2,5-6H2,(H,15,17,18);2*1-2H3. The highest BCUT2D eigenvalue weighted by atomic mass is 16.2. The zero-order valence-electron chi connectivity index (χ0n) is 14.4. The monoisotopic (exact) mass is 318 g/mol. The third kappa shape index (κ3) is 4.77. The summed E-state index contributed by atoms with van der Waals surface area (Å²) in [6.07, 6.45) is 5.12. The van der Waals surface area contributed by atoms with Crippen molar-refractivity contribution >= 4 is 24.0 Å². The Labute approximate surface area is 137 Å². The molecule has 5 nitrogen and oxygen atoms in total. The molecule has 0 spiro atoms. The van der Waals surface area contributed by atoms with E-state index in [4.69, 9.17) is 0 Å². The van der Waals surface area contributed by atoms with Gasteiger partial charge >= 0.3 is 0 Å². The summed E-state index contributed by atoms with van der Waals surface area (Å²) in [6, 6.07) is 1.05. The maximum absolute atomic E-state index is 12.3. The lowest BCUT2D eigenvalue weighted by Crippen LogP contribution is -2.44. The molecule has 2 heterocycles.